The maximum atomic E-state index is 12.6. The fourth-order valence-electron chi connectivity index (χ4n) is 1.87. The van der Waals surface area contributed by atoms with Crippen LogP contribution >= 0.6 is 15.9 Å². The van der Waals surface area contributed by atoms with E-state index >= 15 is 0 Å². The lowest BCUT2D eigenvalue weighted by Crippen LogP contribution is -2.31. The second-order valence-corrected chi connectivity index (χ2v) is 7.81. The standard InChI is InChI=1S/C15H23BrN2O2S/c1-5-9-18(6-2)21(19,20)15-8-7-13(10-14(15)16)11-17-12(3)4/h5,7-8,10,12,17H,1,6,9,11H2,2-4H3. The Kier molecular flexibility index (Phi) is 7.06. The number of sulfonamides is 1. The summed E-state index contributed by atoms with van der Waals surface area (Å²) in [6.07, 6.45) is 1.59. The number of nitrogens with one attached hydrogen (secondary N) is 1. The van der Waals surface area contributed by atoms with E-state index in [1.807, 2.05) is 19.1 Å². The predicted molar refractivity (Wildman–Crippen MR) is 90.7 cm³/mol. The number of halogens is 1. The van der Waals surface area contributed by atoms with Crippen LogP contribution in [0.4, 0.5) is 0 Å². The molecule has 21 heavy (non-hydrogen) atoms. The Morgan fingerprint density at radius 3 is 2.57 bits per heavy atom. The van der Waals surface area contributed by atoms with Crippen LogP contribution in [0.1, 0.15) is 26.3 Å². The van der Waals surface area contributed by atoms with Gasteiger partial charge in [-0.2, -0.15) is 4.31 Å². The molecule has 1 N–H and O–H groups in total. The van der Waals surface area contributed by atoms with Crippen LogP contribution in [-0.2, 0) is 16.6 Å². The third-order valence-corrected chi connectivity index (χ3v) is 5.93. The van der Waals surface area contributed by atoms with Gasteiger partial charge < -0.3 is 5.32 Å². The van der Waals surface area contributed by atoms with Gasteiger partial charge in [0.25, 0.3) is 0 Å². The topological polar surface area (TPSA) is 49.4 Å². The van der Waals surface area contributed by atoms with Gasteiger partial charge in [-0.25, -0.2) is 8.42 Å². The van der Waals surface area contributed by atoms with Crippen molar-refractivity contribution in [3.63, 3.8) is 0 Å². The molecule has 0 amide bonds. The van der Waals surface area contributed by atoms with Gasteiger partial charge in [0.2, 0.25) is 10.0 Å². The molecule has 0 radical (unpaired) electrons. The third kappa shape index (κ3) is 4.92. The predicted octanol–water partition coefficient (Wildman–Crippen LogP) is 3.14. The Bertz CT molecular complexity index is 585. The molecular formula is C15H23BrN2O2S. The molecule has 4 nitrogen and oxygen atoms in total. The lowest BCUT2D eigenvalue weighted by molar-refractivity contribution is 0.459. The zero-order chi connectivity index (χ0) is 16.0. The molecule has 0 aliphatic rings. The van der Waals surface area contributed by atoms with E-state index < -0.39 is 10.0 Å². The van der Waals surface area contributed by atoms with Crippen molar-refractivity contribution in [2.24, 2.45) is 0 Å². The number of benzene rings is 1. The maximum Gasteiger partial charge on any atom is 0.244 e. The van der Waals surface area contributed by atoms with E-state index in [9.17, 15) is 8.42 Å². The molecule has 0 bridgehead atoms. The Morgan fingerprint density at radius 2 is 2.10 bits per heavy atom. The van der Waals surface area contributed by atoms with Crippen molar-refractivity contribution in [1.82, 2.24) is 9.62 Å². The van der Waals surface area contributed by atoms with Crippen molar-refractivity contribution in [3.8, 4) is 0 Å². The number of nitrogens with zero attached hydrogens (tertiary/aromatic N) is 1. The first-order valence-electron chi connectivity index (χ1n) is 6.95. The first-order chi connectivity index (χ1) is 9.82. The highest BCUT2D eigenvalue weighted by Crippen LogP contribution is 2.26. The molecule has 0 fully saturated rings. The fourth-order valence-corrected chi connectivity index (χ4v) is 4.37. The first kappa shape index (κ1) is 18.4. The van der Waals surface area contributed by atoms with Crippen molar-refractivity contribution in [2.75, 3.05) is 13.1 Å². The van der Waals surface area contributed by atoms with E-state index in [0.717, 1.165) is 5.56 Å². The van der Waals surface area contributed by atoms with Crippen LogP contribution in [0.2, 0.25) is 0 Å². The van der Waals surface area contributed by atoms with Crippen LogP contribution in [0.5, 0.6) is 0 Å². The number of likely N-dealkylation sites (N-methyl/N-ethyl adjacent to an activating group) is 1. The van der Waals surface area contributed by atoms with Crippen LogP contribution in [0.15, 0.2) is 40.2 Å². The van der Waals surface area contributed by atoms with Crippen LogP contribution in [0, 0.1) is 0 Å². The van der Waals surface area contributed by atoms with Gasteiger partial charge in [0, 0.05) is 30.1 Å². The summed E-state index contributed by atoms with van der Waals surface area (Å²) in [5.41, 5.74) is 1.04. The summed E-state index contributed by atoms with van der Waals surface area (Å²) in [6.45, 7) is 11.0. The summed E-state index contributed by atoms with van der Waals surface area (Å²) in [6, 6.07) is 5.73. The summed E-state index contributed by atoms with van der Waals surface area (Å²) in [4.78, 5) is 0.291. The molecule has 1 aromatic rings. The van der Waals surface area contributed by atoms with Gasteiger partial charge in [0.05, 0.1) is 4.90 Å². The summed E-state index contributed by atoms with van der Waals surface area (Å²) in [5.74, 6) is 0. The van der Waals surface area contributed by atoms with Gasteiger partial charge in [0.15, 0.2) is 0 Å². The number of hydrogen-bond acceptors (Lipinski definition) is 3. The highest BCUT2D eigenvalue weighted by Gasteiger charge is 2.24. The Hall–Kier alpha value is -0.690. The van der Waals surface area contributed by atoms with Gasteiger partial charge in [0.1, 0.15) is 0 Å². The second kappa shape index (κ2) is 8.08. The van der Waals surface area contributed by atoms with Gasteiger partial charge in [-0.15, -0.1) is 6.58 Å². The van der Waals surface area contributed by atoms with E-state index in [-0.39, 0.29) is 0 Å². The zero-order valence-corrected chi connectivity index (χ0v) is 15.2. The van der Waals surface area contributed by atoms with Crippen molar-refractivity contribution < 1.29 is 8.42 Å². The molecule has 1 aromatic carbocycles. The van der Waals surface area contributed by atoms with Gasteiger partial charge in [-0.3, -0.25) is 0 Å². The summed E-state index contributed by atoms with van der Waals surface area (Å²) in [5, 5.41) is 3.31. The molecule has 6 heteroatoms. The monoisotopic (exact) mass is 374 g/mol. The Labute approximate surface area is 136 Å². The number of rotatable bonds is 8. The summed E-state index contributed by atoms with van der Waals surface area (Å²) < 4.78 is 27.2. The average molecular weight is 375 g/mol. The van der Waals surface area contributed by atoms with Crippen molar-refractivity contribution in [3.05, 3.63) is 40.9 Å². The van der Waals surface area contributed by atoms with Crippen LogP contribution in [0.25, 0.3) is 0 Å². The maximum absolute atomic E-state index is 12.6. The first-order valence-corrected chi connectivity index (χ1v) is 9.19. The van der Waals surface area contributed by atoms with Gasteiger partial charge >= 0.3 is 0 Å². The van der Waals surface area contributed by atoms with Gasteiger partial charge in [-0.1, -0.05) is 32.9 Å². The van der Waals surface area contributed by atoms with Crippen molar-refractivity contribution in [1.29, 1.82) is 0 Å². The second-order valence-electron chi connectivity index (χ2n) is 5.04. The quantitative estimate of drug-likeness (QED) is 0.711. The molecule has 0 unspecified atom stereocenters. The molecule has 0 aromatic heterocycles. The Morgan fingerprint density at radius 1 is 1.43 bits per heavy atom. The minimum Gasteiger partial charge on any atom is -0.310 e. The SMILES string of the molecule is C=CCN(CC)S(=O)(=O)c1ccc(CNC(C)C)cc1Br. The molecule has 118 valence electrons. The molecule has 0 spiro atoms. The molecular weight excluding hydrogens is 352 g/mol. The van der Waals surface area contributed by atoms with Crippen LogP contribution in [-0.4, -0.2) is 31.9 Å². The third-order valence-electron chi connectivity index (χ3n) is 3.01. The summed E-state index contributed by atoms with van der Waals surface area (Å²) in [7, 11) is -3.50. The highest BCUT2D eigenvalue weighted by molar-refractivity contribution is 9.10. The molecule has 0 saturated heterocycles. The highest BCUT2D eigenvalue weighted by atomic mass is 79.9. The van der Waals surface area contributed by atoms with Crippen LogP contribution < -0.4 is 5.32 Å². The Balaban J connectivity index is 3.05. The smallest absolute Gasteiger partial charge is 0.244 e. The lowest BCUT2D eigenvalue weighted by Gasteiger charge is -2.20. The average Bonchev–Trinajstić information content (AvgIpc) is 2.42. The molecule has 0 saturated carbocycles. The molecule has 0 aliphatic heterocycles. The zero-order valence-electron chi connectivity index (χ0n) is 12.8. The van der Waals surface area contributed by atoms with Crippen molar-refractivity contribution >= 4 is 26.0 Å². The molecule has 1 rings (SSSR count). The van der Waals surface area contributed by atoms with E-state index in [0.29, 0.717) is 35.0 Å². The number of hydrogen-bond donors (Lipinski definition) is 1. The van der Waals surface area contributed by atoms with E-state index in [1.54, 1.807) is 12.1 Å². The normalized spacial score (nSPS) is 12.1. The minimum absolute atomic E-state index is 0.291. The molecule has 0 heterocycles. The van der Waals surface area contributed by atoms with Gasteiger partial charge in [-0.05, 0) is 33.6 Å². The minimum atomic E-state index is -3.50. The van der Waals surface area contributed by atoms with Crippen LogP contribution in [0.3, 0.4) is 0 Å². The lowest BCUT2D eigenvalue weighted by atomic mass is 10.2. The molecule has 0 aliphatic carbocycles. The van der Waals surface area contributed by atoms with E-state index in [1.165, 1.54) is 4.31 Å². The fraction of sp³-hybridized carbons (Fsp3) is 0.467. The van der Waals surface area contributed by atoms with E-state index in [2.05, 4.69) is 41.7 Å². The largest absolute Gasteiger partial charge is 0.310 e. The van der Waals surface area contributed by atoms with Crippen molar-refractivity contribution in [2.45, 2.75) is 38.3 Å². The summed E-state index contributed by atoms with van der Waals surface area (Å²) >= 11 is 3.38. The van der Waals surface area contributed by atoms with E-state index in [4.69, 9.17) is 0 Å². The molecule has 0 atom stereocenters.